The van der Waals surface area contributed by atoms with Crippen molar-refractivity contribution in [2.75, 3.05) is 19.6 Å². The van der Waals surface area contributed by atoms with Crippen LogP contribution >= 0.6 is 0 Å². The van der Waals surface area contributed by atoms with E-state index in [0.717, 1.165) is 17.7 Å². The summed E-state index contributed by atoms with van der Waals surface area (Å²) in [7, 11) is 0. The van der Waals surface area contributed by atoms with Crippen molar-refractivity contribution in [2.24, 2.45) is 5.73 Å². The fraction of sp³-hybridized carbons (Fsp3) is 0.700. The quantitative estimate of drug-likeness (QED) is 0.478. The third-order valence-electron chi connectivity index (χ3n) is 1.99. The summed E-state index contributed by atoms with van der Waals surface area (Å²) in [6.45, 7) is 3.86. The summed E-state index contributed by atoms with van der Waals surface area (Å²) in [6.07, 6.45) is 1.73. The van der Waals surface area contributed by atoms with Gasteiger partial charge in [-0.3, -0.25) is 19.3 Å². The van der Waals surface area contributed by atoms with Gasteiger partial charge in [-0.15, -0.1) is 0 Å². The number of carbonyl (C=O) groups is 3. The van der Waals surface area contributed by atoms with Crippen molar-refractivity contribution in [3.8, 4) is 0 Å². The standard InChI is InChI=1S/C10H19N3O3/c1-3-4-6-12-9(15)10(16)13(7-5-11)8(2)14/h3-7,11H2,1-2H3,(H,12,15). The molecule has 0 aromatic carbocycles. The van der Waals surface area contributed by atoms with E-state index < -0.39 is 17.7 Å². The van der Waals surface area contributed by atoms with Crippen LogP contribution in [0.5, 0.6) is 0 Å². The predicted molar refractivity (Wildman–Crippen MR) is 59.4 cm³/mol. The molecule has 0 saturated carbocycles. The van der Waals surface area contributed by atoms with Gasteiger partial charge in [0.2, 0.25) is 5.91 Å². The molecule has 3 amide bonds. The topological polar surface area (TPSA) is 92.5 Å². The predicted octanol–water partition coefficient (Wildman–Crippen LogP) is -0.763. The molecule has 0 fully saturated rings. The Morgan fingerprint density at radius 3 is 2.38 bits per heavy atom. The van der Waals surface area contributed by atoms with Crippen molar-refractivity contribution >= 4 is 17.7 Å². The zero-order valence-electron chi connectivity index (χ0n) is 9.78. The van der Waals surface area contributed by atoms with Crippen LogP contribution in [-0.2, 0) is 14.4 Å². The first-order valence-corrected chi connectivity index (χ1v) is 5.34. The number of nitrogens with two attached hydrogens (primary N) is 1. The second kappa shape index (κ2) is 7.81. The van der Waals surface area contributed by atoms with Crippen LogP contribution < -0.4 is 11.1 Å². The Morgan fingerprint density at radius 2 is 1.94 bits per heavy atom. The highest BCUT2D eigenvalue weighted by Crippen LogP contribution is 1.91. The molecule has 3 N–H and O–H groups in total. The molecule has 6 heteroatoms. The summed E-state index contributed by atoms with van der Waals surface area (Å²) in [5.41, 5.74) is 5.25. The van der Waals surface area contributed by atoms with Crippen LogP contribution in [0.15, 0.2) is 0 Å². The minimum absolute atomic E-state index is 0.0648. The molecule has 16 heavy (non-hydrogen) atoms. The van der Waals surface area contributed by atoms with E-state index in [0.29, 0.717) is 6.54 Å². The maximum Gasteiger partial charge on any atom is 0.318 e. The molecule has 0 aliphatic heterocycles. The SMILES string of the molecule is CCCCNC(=O)C(=O)N(CCN)C(C)=O. The van der Waals surface area contributed by atoms with Crippen molar-refractivity contribution in [1.29, 1.82) is 0 Å². The summed E-state index contributed by atoms with van der Waals surface area (Å²) < 4.78 is 0. The van der Waals surface area contributed by atoms with E-state index in [-0.39, 0.29) is 13.1 Å². The monoisotopic (exact) mass is 229 g/mol. The van der Waals surface area contributed by atoms with E-state index in [1.165, 1.54) is 6.92 Å². The zero-order valence-corrected chi connectivity index (χ0v) is 9.78. The molecule has 0 aromatic heterocycles. The third kappa shape index (κ3) is 4.88. The van der Waals surface area contributed by atoms with Crippen LogP contribution in [0.2, 0.25) is 0 Å². The number of hydrogen-bond donors (Lipinski definition) is 2. The average Bonchev–Trinajstić information content (AvgIpc) is 2.24. The van der Waals surface area contributed by atoms with Gasteiger partial charge >= 0.3 is 11.8 Å². The lowest BCUT2D eigenvalue weighted by Gasteiger charge is -2.17. The highest BCUT2D eigenvalue weighted by Gasteiger charge is 2.23. The van der Waals surface area contributed by atoms with Gasteiger partial charge in [-0.2, -0.15) is 0 Å². The number of amides is 3. The van der Waals surface area contributed by atoms with Crippen LogP contribution in [0, 0.1) is 0 Å². The molecule has 0 aliphatic rings. The van der Waals surface area contributed by atoms with Crippen LogP contribution in [0.3, 0.4) is 0 Å². The Morgan fingerprint density at radius 1 is 1.31 bits per heavy atom. The fourth-order valence-electron chi connectivity index (χ4n) is 1.11. The number of imide groups is 1. The van der Waals surface area contributed by atoms with E-state index in [1.54, 1.807) is 0 Å². The highest BCUT2D eigenvalue weighted by atomic mass is 16.2. The van der Waals surface area contributed by atoms with Crippen LogP contribution in [-0.4, -0.2) is 42.3 Å². The molecule has 0 bridgehead atoms. The lowest BCUT2D eigenvalue weighted by Crippen LogP contribution is -2.47. The van der Waals surface area contributed by atoms with E-state index in [1.807, 2.05) is 6.92 Å². The van der Waals surface area contributed by atoms with Crippen molar-refractivity contribution < 1.29 is 14.4 Å². The van der Waals surface area contributed by atoms with E-state index >= 15 is 0 Å². The molecule has 0 heterocycles. The molecular weight excluding hydrogens is 210 g/mol. The van der Waals surface area contributed by atoms with E-state index in [4.69, 9.17) is 5.73 Å². The Labute approximate surface area is 95.2 Å². The minimum Gasteiger partial charge on any atom is -0.348 e. The summed E-state index contributed by atoms with van der Waals surface area (Å²) in [6, 6.07) is 0. The van der Waals surface area contributed by atoms with Gasteiger partial charge in [-0.05, 0) is 6.42 Å². The van der Waals surface area contributed by atoms with Crippen molar-refractivity contribution in [2.45, 2.75) is 26.7 Å². The summed E-state index contributed by atoms with van der Waals surface area (Å²) in [5, 5.41) is 2.45. The molecule has 0 aromatic rings. The third-order valence-corrected chi connectivity index (χ3v) is 1.99. The van der Waals surface area contributed by atoms with Gasteiger partial charge in [0.25, 0.3) is 0 Å². The van der Waals surface area contributed by atoms with E-state index in [2.05, 4.69) is 5.32 Å². The second-order valence-corrected chi connectivity index (χ2v) is 3.37. The van der Waals surface area contributed by atoms with Crippen molar-refractivity contribution in [3.05, 3.63) is 0 Å². The molecule has 0 aliphatic carbocycles. The summed E-state index contributed by atoms with van der Waals surface area (Å²) >= 11 is 0. The Bertz CT molecular complexity index is 266. The number of rotatable bonds is 5. The Hall–Kier alpha value is -1.43. The van der Waals surface area contributed by atoms with Gasteiger partial charge in [0.1, 0.15) is 0 Å². The Balaban J connectivity index is 4.26. The van der Waals surface area contributed by atoms with Crippen LogP contribution in [0.1, 0.15) is 26.7 Å². The summed E-state index contributed by atoms with van der Waals surface area (Å²) in [4.78, 5) is 34.8. The van der Waals surface area contributed by atoms with E-state index in [9.17, 15) is 14.4 Å². The average molecular weight is 229 g/mol. The smallest absolute Gasteiger partial charge is 0.318 e. The number of unbranched alkanes of at least 4 members (excludes halogenated alkanes) is 1. The Kier molecular flexibility index (Phi) is 7.11. The number of nitrogens with zero attached hydrogens (tertiary/aromatic N) is 1. The lowest BCUT2D eigenvalue weighted by atomic mass is 10.3. The molecule has 0 unspecified atom stereocenters. The maximum atomic E-state index is 11.5. The molecule has 0 spiro atoms. The normalized spacial score (nSPS) is 9.69. The molecule has 0 atom stereocenters. The molecule has 6 nitrogen and oxygen atoms in total. The van der Waals surface area contributed by atoms with Gasteiger partial charge in [-0.25, -0.2) is 0 Å². The molecule has 0 radical (unpaired) electrons. The van der Waals surface area contributed by atoms with Gasteiger partial charge in [0, 0.05) is 26.6 Å². The number of nitrogens with one attached hydrogen (secondary N) is 1. The zero-order chi connectivity index (χ0) is 12.6. The van der Waals surface area contributed by atoms with Crippen molar-refractivity contribution in [1.82, 2.24) is 10.2 Å². The number of hydrogen-bond acceptors (Lipinski definition) is 4. The highest BCUT2D eigenvalue weighted by molar-refractivity contribution is 6.37. The van der Waals surface area contributed by atoms with Gasteiger partial charge in [0.05, 0.1) is 0 Å². The van der Waals surface area contributed by atoms with Gasteiger partial charge < -0.3 is 11.1 Å². The van der Waals surface area contributed by atoms with Gasteiger partial charge in [-0.1, -0.05) is 13.3 Å². The van der Waals surface area contributed by atoms with Crippen molar-refractivity contribution in [3.63, 3.8) is 0 Å². The molecule has 0 rings (SSSR count). The first-order valence-electron chi connectivity index (χ1n) is 5.34. The number of carbonyl (C=O) groups excluding carboxylic acids is 3. The first kappa shape index (κ1) is 14.6. The van der Waals surface area contributed by atoms with Crippen LogP contribution in [0.4, 0.5) is 0 Å². The fourth-order valence-corrected chi connectivity index (χ4v) is 1.11. The summed E-state index contributed by atoms with van der Waals surface area (Å²) in [5.74, 6) is -2.06. The van der Waals surface area contributed by atoms with Gasteiger partial charge in [0.15, 0.2) is 0 Å². The first-order chi connectivity index (χ1) is 7.54. The molecule has 92 valence electrons. The maximum absolute atomic E-state index is 11.5. The largest absolute Gasteiger partial charge is 0.348 e. The van der Waals surface area contributed by atoms with Crippen LogP contribution in [0.25, 0.3) is 0 Å². The second-order valence-electron chi connectivity index (χ2n) is 3.37. The molecular formula is C10H19N3O3. The lowest BCUT2D eigenvalue weighted by molar-refractivity contribution is -0.151. The molecule has 0 saturated heterocycles. The minimum atomic E-state index is -0.839.